The predicted octanol–water partition coefficient (Wildman–Crippen LogP) is 1.90. The fraction of sp³-hybridized carbons (Fsp3) is 0.250. The van der Waals surface area contributed by atoms with Crippen molar-refractivity contribution in [3.8, 4) is 0 Å². The lowest BCUT2D eigenvalue weighted by Gasteiger charge is -2.02. The van der Waals surface area contributed by atoms with Crippen LogP contribution in [0, 0.1) is 0 Å². The van der Waals surface area contributed by atoms with Crippen LogP contribution in [-0.4, -0.2) is 36.1 Å². The maximum atomic E-state index is 11.5. The van der Waals surface area contributed by atoms with Gasteiger partial charge in [-0.2, -0.15) is 0 Å². The van der Waals surface area contributed by atoms with Crippen molar-refractivity contribution in [2.75, 3.05) is 19.3 Å². The number of aromatic nitrogens is 1. The number of amides is 2. The summed E-state index contributed by atoms with van der Waals surface area (Å²) in [5, 5.41) is 5.61. The van der Waals surface area contributed by atoms with Gasteiger partial charge in [0, 0.05) is 12.1 Å². The molecule has 2 rings (SSSR count). The Morgan fingerprint density at radius 3 is 2.95 bits per heavy atom. The first-order valence-electron chi connectivity index (χ1n) is 5.74. The van der Waals surface area contributed by atoms with Gasteiger partial charge in [-0.3, -0.25) is 9.59 Å². The van der Waals surface area contributed by atoms with Gasteiger partial charge in [0.1, 0.15) is 0 Å². The van der Waals surface area contributed by atoms with Gasteiger partial charge in [0.15, 0.2) is 4.34 Å². The van der Waals surface area contributed by atoms with Gasteiger partial charge in [-0.1, -0.05) is 23.4 Å². The number of rotatable bonds is 5. The molecule has 5 nitrogen and oxygen atoms in total. The highest BCUT2D eigenvalue weighted by Crippen LogP contribution is 2.30. The van der Waals surface area contributed by atoms with Gasteiger partial charge in [0.2, 0.25) is 11.8 Å². The standard InChI is InChI=1S/C12H12ClN3O2S2/c1-14-10(17)5-15-11(18)6-19-12-16-8-4-7(13)2-3-9(8)20-12/h2-4H,5-6H2,1H3,(H,14,17)(H,15,18). The highest BCUT2D eigenvalue weighted by molar-refractivity contribution is 8.01. The van der Waals surface area contributed by atoms with Crippen molar-refractivity contribution in [3.63, 3.8) is 0 Å². The third kappa shape index (κ3) is 4.09. The summed E-state index contributed by atoms with van der Waals surface area (Å²) in [5.41, 5.74) is 0.829. The van der Waals surface area contributed by atoms with E-state index in [0.29, 0.717) is 5.02 Å². The average molecular weight is 330 g/mol. The van der Waals surface area contributed by atoms with E-state index in [1.54, 1.807) is 6.07 Å². The van der Waals surface area contributed by atoms with Crippen LogP contribution < -0.4 is 10.6 Å². The summed E-state index contributed by atoms with van der Waals surface area (Å²) in [7, 11) is 1.52. The molecule has 0 fully saturated rings. The molecule has 0 saturated heterocycles. The van der Waals surface area contributed by atoms with Crippen molar-refractivity contribution in [1.29, 1.82) is 0 Å². The lowest BCUT2D eigenvalue weighted by Crippen LogP contribution is -2.35. The Balaban J connectivity index is 1.89. The summed E-state index contributed by atoms with van der Waals surface area (Å²) < 4.78 is 1.83. The van der Waals surface area contributed by atoms with Crippen molar-refractivity contribution in [3.05, 3.63) is 23.2 Å². The van der Waals surface area contributed by atoms with E-state index in [1.165, 1.54) is 30.1 Å². The lowest BCUT2D eigenvalue weighted by molar-refractivity contribution is -0.124. The zero-order valence-corrected chi connectivity index (χ0v) is 13.0. The zero-order chi connectivity index (χ0) is 14.5. The summed E-state index contributed by atoms with van der Waals surface area (Å²) in [6.07, 6.45) is 0. The molecule has 0 bridgehead atoms. The Bertz CT molecular complexity index is 645. The molecule has 1 aromatic heterocycles. The third-order valence-electron chi connectivity index (χ3n) is 2.38. The predicted molar refractivity (Wildman–Crippen MR) is 82.4 cm³/mol. The molecular formula is C12H12ClN3O2S2. The molecule has 2 aromatic rings. The Kier molecular flexibility index (Phi) is 5.22. The number of thiazole rings is 1. The largest absolute Gasteiger partial charge is 0.358 e. The fourth-order valence-electron chi connectivity index (χ4n) is 1.39. The minimum atomic E-state index is -0.224. The number of benzene rings is 1. The first-order valence-corrected chi connectivity index (χ1v) is 7.92. The number of thioether (sulfide) groups is 1. The van der Waals surface area contributed by atoms with Crippen LogP contribution in [0.1, 0.15) is 0 Å². The quantitative estimate of drug-likeness (QED) is 0.822. The number of halogens is 1. The van der Waals surface area contributed by atoms with Gasteiger partial charge in [0.05, 0.1) is 22.5 Å². The summed E-state index contributed by atoms with van der Waals surface area (Å²) in [6.45, 7) is -0.00859. The summed E-state index contributed by atoms with van der Waals surface area (Å²) in [5.74, 6) is -0.196. The molecule has 20 heavy (non-hydrogen) atoms. The van der Waals surface area contributed by atoms with Crippen LogP contribution in [0.5, 0.6) is 0 Å². The van der Waals surface area contributed by atoms with Gasteiger partial charge in [-0.05, 0) is 18.2 Å². The molecule has 0 radical (unpaired) electrons. The molecule has 0 atom stereocenters. The minimum absolute atomic E-state index is 0.00859. The van der Waals surface area contributed by atoms with Crippen LogP contribution in [0.4, 0.5) is 0 Å². The molecular weight excluding hydrogens is 318 g/mol. The smallest absolute Gasteiger partial charge is 0.239 e. The van der Waals surface area contributed by atoms with E-state index in [4.69, 9.17) is 11.6 Å². The average Bonchev–Trinajstić information content (AvgIpc) is 2.84. The molecule has 0 aliphatic rings. The number of nitrogens with zero attached hydrogens (tertiary/aromatic N) is 1. The van der Waals surface area contributed by atoms with Crippen LogP contribution in [0.25, 0.3) is 10.2 Å². The van der Waals surface area contributed by atoms with Crippen LogP contribution in [0.2, 0.25) is 5.02 Å². The zero-order valence-electron chi connectivity index (χ0n) is 10.6. The molecule has 2 N–H and O–H groups in total. The second kappa shape index (κ2) is 6.92. The van der Waals surface area contributed by atoms with E-state index in [-0.39, 0.29) is 24.1 Å². The Hall–Kier alpha value is -1.31. The highest BCUT2D eigenvalue weighted by Gasteiger charge is 2.09. The fourth-order valence-corrected chi connectivity index (χ4v) is 3.43. The van der Waals surface area contributed by atoms with Gasteiger partial charge >= 0.3 is 0 Å². The van der Waals surface area contributed by atoms with E-state index in [2.05, 4.69) is 15.6 Å². The van der Waals surface area contributed by atoms with Gasteiger partial charge in [-0.25, -0.2) is 4.98 Å². The number of hydrogen-bond donors (Lipinski definition) is 2. The number of likely N-dealkylation sites (N-methyl/N-ethyl adjacent to an activating group) is 1. The molecule has 1 aromatic carbocycles. The molecule has 8 heteroatoms. The van der Waals surface area contributed by atoms with Crippen molar-refractivity contribution in [2.24, 2.45) is 0 Å². The normalized spacial score (nSPS) is 10.5. The minimum Gasteiger partial charge on any atom is -0.358 e. The number of nitrogens with one attached hydrogen (secondary N) is 2. The third-order valence-corrected chi connectivity index (χ3v) is 4.80. The molecule has 106 valence electrons. The van der Waals surface area contributed by atoms with Crippen LogP contribution in [0.15, 0.2) is 22.5 Å². The number of carbonyl (C=O) groups is 2. The number of carbonyl (C=O) groups excluding carboxylic acids is 2. The van der Waals surface area contributed by atoms with Gasteiger partial charge in [0.25, 0.3) is 0 Å². The van der Waals surface area contributed by atoms with E-state index in [0.717, 1.165) is 14.6 Å². The number of hydrogen-bond acceptors (Lipinski definition) is 5. The summed E-state index contributed by atoms with van der Waals surface area (Å²) in [4.78, 5) is 26.9. The second-order valence-electron chi connectivity index (χ2n) is 3.83. The Morgan fingerprint density at radius 1 is 1.40 bits per heavy atom. The van der Waals surface area contributed by atoms with Crippen LogP contribution in [-0.2, 0) is 9.59 Å². The lowest BCUT2D eigenvalue weighted by atomic mass is 10.3. The van der Waals surface area contributed by atoms with Crippen LogP contribution in [0.3, 0.4) is 0 Å². The van der Waals surface area contributed by atoms with Crippen molar-refractivity contribution in [1.82, 2.24) is 15.6 Å². The Labute approximate surface area is 129 Å². The van der Waals surface area contributed by atoms with E-state index < -0.39 is 0 Å². The molecule has 2 amide bonds. The first kappa shape index (κ1) is 15.1. The molecule has 0 unspecified atom stereocenters. The van der Waals surface area contributed by atoms with Crippen molar-refractivity contribution >= 4 is 56.7 Å². The SMILES string of the molecule is CNC(=O)CNC(=O)CSc1nc2cc(Cl)ccc2s1. The van der Waals surface area contributed by atoms with E-state index in [1.807, 2.05) is 12.1 Å². The molecule has 1 heterocycles. The molecule has 0 aliphatic carbocycles. The first-order chi connectivity index (χ1) is 9.58. The van der Waals surface area contributed by atoms with Crippen LogP contribution >= 0.6 is 34.7 Å². The van der Waals surface area contributed by atoms with E-state index >= 15 is 0 Å². The van der Waals surface area contributed by atoms with Gasteiger partial charge in [-0.15, -0.1) is 11.3 Å². The topological polar surface area (TPSA) is 71.1 Å². The molecule has 0 saturated carbocycles. The molecule has 0 aliphatic heterocycles. The maximum absolute atomic E-state index is 11.5. The number of fused-ring (bicyclic) bond motifs is 1. The van der Waals surface area contributed by atoms with Crippen molar-refractivity contribution < 1.29 is 9.59 Å². The maximum Gasteiger partial charge on any atom is 0.239 e. The summed E-state index contributed by atoms with van der Waals surface area (Å²) >= 11 is 8.75. The summed E-state index contributed by atoms with van der Waals surface area (Å²) in [6, 6.07) is 5.51. The van der Waals surface area contributed by atoms with Gasteiger partial charge < -0.3 is 10.6 Å². The monoisotopic (exact) mass is 329 g/mol. The molecule has 0 spiro atoms. The highest BCUT2D eigenvalue weighted by atomic mass is 35.5. The van der Waals surface area contributed by atoms with E-state index in [9.17, 15) is 9.59 Å². The second-order valence-corrected chi connectivity index (χ2v) is 6.52. The van der Waals surface area contributed by atoms with Crippen molar-refractivity contribution in [2.45, 2.75) is 4.34 Å². The Morgan fingerprint density at radius 2 is 2.20 bits per heavy atom.